The van der Waals surface area contributed by atoms with Gasteiger partial charge in [0, 0.05) is 30.7 Å². The minimum Gasteiger partial charge on any atom is -0.392 e. The molecule has 2 fully saturated rings. The topological polar surface area (TPSA) is 102 Å². The van der Waals surface area contributed by atoms with Crippen LogP contribution < -0.4 is 10.6 Å². The van der Waals surface area contributed by atoms with E-state index < -0.39 is 23.2 Å². The molecule has 0 radical (unpaired) electrons. The fraction of sp³-hybridized carbons (Fsp3) is 0.394. The predicted octanol–water partition coefficient (Wildman–Crippen LogP) is 4.62. The summed E-state index contributed by atoms with van der Waals surface area (Å²) in [4.78, 5) is 26.7. The highest BCUT2D eigenvalue weighted by molar-refractivity contribution is 5.96. The van der Waals surface area contributed by atoms with Gasteiger partial charge in [0.25, 0.3) is 5.91 Å². The molecule has 1 atom stereocenters. The molecule has 43 heavy (non-hydrogen) atoms. The summed E-state index contributed by atoms with van der Waals surface area (Å²) in [7, 11) is 0. The van der Waals surface area contributed by atoms with Gasteiger partial charge in [-0.15, -0.1) is 0 Å². The number of carbonyl (C=O) groups is 2. The van der Waals surface area contributed by atoms with Gasteiger partial charge in [-0.1, -0.05) is 54.6 Å². The van der Waals surface area contributed by atoms with Crippen molar-refractivity contribution in [2.45, 2.75) is 62.6 Å². The second-order valence-electron chi connectivity index (χ2n) is 11.5. The van der Waals surface area contributed by atoms with Crippen LogP contribution in [0.15, 0.2) is 72.8 Å². The summed E-state index contributed by atoms with van der Waals surface area (Å²) in [5, 5.41) is 27.1. The lowest BCUT2D eigenvalue weighted by molar-refractivity contribution is -0.137. The molecule has 5 rings (SSSR count). The molecule has 2 amide bonds. The van der Waals surface area contributed by atoms with Crippen molar-refractivity contribution in [1.82, 2.24) is 15.5 Å². The molecule has 1 heterocycles. The van der Waals surface area contributed by atoms with Gasteiger partial charge in [0.05, 0.1) is 24.3 Å². The van der Waals surface area contributed by atoms with E-state index in [1.807, 2.05) is 48.5 Å². The van der Waals surface area contributed by atoms with E-state index in [-0.39, 0.29) is 36.7 Å². The zero-order valence-electron chi connectivity index (χ0n) is 23.7. The van der Waals surface area contributed by atoms with E-state index in [1.165, 1.54) is 6.07 Å². The maximum atomic E-state index is 12.9. The first-order valence-electron chi connectivity index (χ1n) is 14.6. The smallest absolute Gasteiger partial charge is 0.392 e. The predicted molar refractivity (Wildman–Crippen MR) is 156 cm³/mol. The maximum Gasteiger partial charge on any atom is 0.416 e. The number of likely N-dealkylation sites (tertiary alicyclic amines) is 1. The standard InChI is InChI=1S/C33H36F3N3O4/c34-33(35,36)26-6-3-5-23(18-26)31(42)37-19-30(41)39-17-14-28(20-39)38-27-12-15-32(43,16-13-27)25-10-8-22(9-11-25)29-7-2-1-4-24(29)21-40/h1-11,18,27-28,38,40,43H,12-17,19-21H2,(H,37,42). The Hall–Kier alpha value is -3.73. The molecule has 1 aliphatic heterocycles. The molecule has 1 unspecified atom stereocenters. The fourth-order valence-electron chi connectivity index (χ4n) is 6.11. The van der Waals surface area contributed by atoms with Gasteiger partial charge in [0.15, 0.2) is 0 Å². The molecule has 0 spiro atoms. The van der Waals surface area contributed by atoms with Crippen molar-refractivity contribution in [2.75, 3.05) is 19.6 Å². The molecule has 1 saturated carbocycles. The number of aliphatic hydroxyl groups is 2. The van der Waals surface area contributed by atoms with E-state index in [2.05, 4.69) is 10.6 Å². The molecular weight excluding hydrogens is 559 g/mol. The van der Waals surface area contributed by atoms with Crippen molar-refractivity contribution in [1.29, 1.82) is 0 Å². The summed E-state index contributed by atoms with van der Waals surface area (Å²) in [6.07, 6.45) is -1.03. The second kappa shape index (κ2) is 12.9. The molecule has 0 aromatic heterocycles. The maximum absolute atomic E-state index is 12.9. The number of nitrogens with one attached hydrogen (secondary N) is 2. The highest BCUT2D eigenvalue weighted by Gasteiger charge is 2.36. The number of benzene rings is 3. The number of alkyl halides is 3. The van der Waals surface area contributed by atoms with Gasteiger partial charge >= 0.3 is 6.18 Å². The van der Waals surface area contributed by atoms with Crippen molar-refractivity contribution in [3.8, 4) is 11.1 Å². The minimum absolute atomic E-state index is 0.0387. The van der Waals surface area contributed by atoms with Gasteiger partial charge < -0.3 is 25.7 Å². The van der Waals surface area contributed by atoms with Crippen molar-refractivity contribution in [3.63, 3.8) is 0 Å². The zero-order valence-corrected chi connectivity index (χ0v) is 23.7. The number of nitrogens with zero attached hydrogens (tertiary/aromatic N) is 1. The van der Waals surface area contributed by atoms with Crippen molar-refractivity contribution in [3.05, 3.63) is 95.1 Å². The third kappa shape index (κ3) is 7.26. The molecule has 7 nitrogen and oxygen atoms in total. The highest BCUT2D eigenvalue weighted by atomic mass is 19.4. The van der Waals surface area contributed by atoms with Crippen LogP contribution >= 0.6 is 0 Å². The molecule has 2 aliphatic rings. The molecule has 3 aromatic rings. The Bertz CT molecular complexity index is 1440. The number of amides is 2. The first-order valence-corrected chi connectivity index (χ1v) is 14.6. The number of halogens is 3. The molecule has 228 valence electrons. The summed E-state index contributed by atoms with van der Waals surface area (Å²) in [5.41, 5.74) is 1.71. The Morgan fingerprint density at radius 3 is 2.35 bits per heavy atom. The lowest BCUT2D eigenvalue weighted by atomic mass is 9.77. The average Bonchev–Trinajstić information content (AvgIpc) is 3.49. The summed E-state index contributed by atoms with van der Waals surface area (Å²) in [6, 6.07) is 20.0. The third-order valence-electron chi connectivity index (χ3n) is 8.60. The molecule has 10 heteroatoms. The lowest BCUT2D eigenvalue weighted by Gasteiger charge is -2.38. The van der Waals surface area contributed by atoms with Crippen molar-refractivity contribution in [2.24, 2.45) is 0 Å². The number of carbonyl (C=O) groups excluding carboxylic acids is 2. The number of aliphatic hydroxyl groups excluding tert-OH is 1. The Kier molecular flexibility index (Phi) is 9.19. The Morgan fingerprint density at radius 2 is 1.65 bits per heavy atom. The van der Waals surface area contributed by atoms with E-state index in [0.29, 0.717) is 25.9 Å². The lowest BCUT2D eigenvalue weighted by Crippen LogP contribution is -2.46. The van der Waals surface area contributed by atoms with Gasteiger partial charge in [0.1, 0.15) is 0 Å². The summed E-state index contributed by atoms with van der Waals surface area (Å²) < 4.78 is 38.8. The van der Waals surface area contributed by atoms with Gasteiger partial charge in [-0.25, -0.2) is 0 Å². The first-order chi connectivity index (χ1) is 20.6. The average molecular weight is 596 g/mol. The number of rotatable bonds is 8. The van der Waals surface area contributed by atoms with Crippen LogP contribution in [0.3, 0.4) is 0 Å². The molecule has 0 bridgehead atoms. The van der Waals surface area contributed by atoms with E-state index in [0.717, 1.165) is 59.7 Å². The second-order valence-corrected chi connectivity index (χ2v) is 11.5. The monoisotopic (exact) mass is 595 g/mol. The van der Waals surface area contributed by atoms with Crippen molar-refractivity contribution < 1.29 is 33.0 Å². The molecule has 3 aromatic carbocycles. The fourth-order valence-corrected chi connectivity index (χ4v) is 6.11. The first kappa shape index (κ1) is 30.7. The van der Waals surface area contributed by atoms with Crippen LogP contribution in [0.5, 0.6) is 0 Å². The SMILES string of the molecule is O=C(NCC(=O)N1CCC(NC2CCC(O)(c3ccc(-c4ccccc4CO)cc3)CC2)C1)c1cccc(C(F)(F)F)c1. The van der Waals surface area contributed by atoms with Gasteiger partial charge in [-0.3, -0.25) is 9.59 Å². The van der Waals surface area contributed by atoms with E-state index in [9.17, 15) is 33.0 Å². The minimum atomic E-state index is -4.55. The Balaban J connectivity index is 1.08. The quantitative estimate of drug-likeness (QED) is 0.305. The van der Waals surface area contributed by atoms with Crippen LogP contribution in [0.4, 0.5) is 13.2 Å². The van der Waals surface area contributed by atoms with Gasteiger partial charge in [-0.2, -0.15) is 13.2 Å². The van der Waals surface area contributed by atoms with Crippen LogP contribution in [0.2, 0.25) is 0 Å². The van der Waals surface area contributed by atoms with Crippen LogP contribution in [0.25, 0.3) is 11.1 Å². The molecule has 1 aliphatic carbocycles. The number of hydrogen-bond acceptors (Lipinski definition) is 5. The van der Waals surface area contributed by atoms with E-state index in [1.54, 1.807) is 4.90 Å². The van der Waals surface area contributed by atoms with Crippen molar-refractivity contribution >= 4 is 11.8 Å². The van der Waals surface area contributed by atoms with E-state index >= 15 is 0 Å². The Labute approximate surface area is 248 Å². The zero-order chi connectivity index (χ0) is 30.6. The van der Waals surface area contributed by atoms with Crippen LogP contribution in [0.1, 0.15) is 59.2 Å². The van der Waals surface area contributed by atoms with Gasteiger partial charge in [-0.05, 0) is 72.6 Å². The summed E-state index contributed by atoms with van der Waals surface area (Å²) in [5.74, 6) is -1.01. The molecule has 4 N–H and O–H groups in total. The summed E-state index contributed by atoms with van der Waals surface area (Å²) in [6.45, 7) is 0.680. The summed E-state index contributed by atoms with van der Waals surface area (Å²) >= 11 is 0. The highest BCUT2D eigenvalue weighted by Crippen LogP contribution is 2.38. The van der Waals surface area contributed by atoms with E-state index in [4.69, 9.17) is 0 Å². The third-order valence-corrected chi connectivity index (χ3v) is 8.60. The molecule has 1 saturated heterocycles. The van der Waals surface area contributed by atoms with Crippen LogP contribution in [0, 0.1) is 0 Å². The normalized spacial score (nSPS) is 22.4. The van der Waals surface area contributed by atoms with Gasteiger partial charge in [0.2, 0.25) is 5.91 Å². The van der Waals surface area contributed by atoms with Crippen LogP contribution in [-0.4, -0.2) is 58.6 Å². The Morgan fingerprint density at radius 1 is 0.930 bits per heavy atom. The largest absolute Gasteiger partial charge is 0.416 e. The van der Waals surface area contributed by atoms with Crippen LogP contribution in [-0.2, 0) is 23.2 Å². The molecular formula is C33H36F3N3O4. The number of hydrogen-bond donors (Lipinski definition) is 4.